The second kappa shape index (κ2) is 15.3. The fraction of sp³-hybridized carbons (Fsp3) is 0. The Hall–Kier alpha value is -8.40. The molecule has 0 aliphatic carbocycles. The van der Waals surface area contributed by atoms with Crippen LogP contribution >= 0.6 is 0 Å². The van der Waals surface area contributed by atoms with E-state index in [0.29, 0.717) is 0 Å². The molecule has 0 aliphatic heterocycles. The van der Waals surface area contributed by atoms with Crippen LogP contribution in [-0.2, 0) is 0 Å². The first-order valence-corrected chi connectivity index (χ1v) is 21.5. The zero-order valence-corrected chi connectivity index (χ0v) is 34.4. The number of anilines is 3. The summed E-state index contributed by atoms with van der Waals surface area (Å²) in [5, 5.41) is 4.61. The summed E-state index contributed by atoms with van der Waals surface area (Å²) in [4.78, 5) is 2.40. The Balaban J connectivity index is 1.08. The highest BCUT2D eigenvalue weighted by atomic mass is 16.3. The topological polar surface area (TPSA) is 21.3 Å². The molecule has 3 heteroatoms. The van der Waals surface area contributed by atoms with E-state index in [9.17, 15) is 0 Å². The predicted molar refractivity (Wildman–Crippen MR) is 264 cm³/mol. The van der Waals surface area contributed by atoms with E-state index in [1.165, 1.54) is 44.1 Å². The van der Waals surface area contributed by atoms with Gasteiger partial charge in [0.25, 0.3) is 0 Å². The van der Waals surface area contributed by atoms with Gasteiger partial charge in [-0.15, -0.1) is 0 Å². The van der Waals surface area contributed by atoms with E-state index in [-0.39, 0.29) is 0 Å². The molecule has 0 radical (unpaired) electrons. The number of fused-ring (bicyclic) bond motifs is 6. The van der Waals surface area contributed by atoms with Crippen LogP contribution in [0.4, 0.5) is 17.1 Å². The van der Waals surface area contributed by atoms with E-state index in [4.69, 9.17) is 4.42 Å². The Labute approximate surface area is 366 Å². The smallest absolute Gasteiger partial charge is 0.145 e. The second-order valence-electron chi connectivity index (χ2n) is 16.1. The third kappa shape index (κ3) is 6.29. The van der Waals surface area contributed by atoms with Crippen LogP contribution in [0.1, 0.15) is 0 Å². The highest BCUT2D eigenvalue weighted by Gasteiger charge is 2.24. The lowest BCUT2D eigenvalue weighted by Crippen LogP contribution is -2.11. The first kappa shape index (κ1) is 36.5. The zero-order valence-electron chi connectivity index (χ0n) is 34.4. The average molecular weight is 805 g/mol. The summed E-state index contributed by atoms with van der Waals surface area (Å²) in [5.41, 5.74) is 17.5. The lowest BCUT2D eigenvalue weighted by molar-refractivity contribution is 0.670. The van der Waals surface area contributed by atoms with Crippen LogP contribution < -0.4 is 4.90 Å². The fourth-order valence-corrected chi connectivity index (χ4v) is 9.50. The van der Waals surface area contributed by atoms with Gasteiger partial charge >= 0.3 is 0 Å². The van der Waals surface area contributed by atoms with Crippen LogP contribution in [0.25, 0.3) is 93.9 Å². The highest BCUT2D eigenvalue weighted by molar-refractivity contribution is 6.17. The number of rotatable bonds is 8. The van der Waals surface area contributed by atoms with Gasteiger partial charge in [0, 0.05) is 38.8 Å². The third-order valence-electron chi connectivity index (χ3n) is 12.4. The largest absolute Gasteiger partial charge is 0.455 e. The van der Waals surface area contributed by atoms with E-state index < -0.39 is 0 Å². The van der Waals surface area contributed by atoms with Crippen molar-refractivity contribution in [2.24, 2.45) is 0 Å². The van der Waals surface area contributed by atoms with Gasteiger partial charge in [0.1, 0.15) is 11.2 Å². The first-order chi connectivity index (χ1) is 31.3. The molecule has 0 N–H and O–H groups in total. The normalized spacial score (nSPS) is 11.5. The van der Waals surface area contributed by atoms with Crippen LogP contribution in [-0.4, -0.2) is 4.57 Å². The fourth-order valence-electron chi connectivity index (χ4n) is 9.50. The van der Waals surface area contributed by atoms with Crippen molar-refractivity contribution in [3.63, 3.8) is 0 Å². The summed E-state index contributed by atoms with van der Waals surface area (Å²) >= 11 is 0. The van der Waals surface area contributed by atoms with Gasteiger partial charge < -0.3 is 13.9 Å². The first-order valence-electron chi connectivity index (χ1n) is 21.5. The number of para-hydroxylation sites is 3. The monoisotopic (exact) mass is 804 g/mol. The van der Waals surface area contributed by atoms with Crippen molar-refractivity contribution in [2.75, 3.05) is 4.90 Å². The molecule has 63 heavy (non-hydrogen) atoms. The Kier molecular flexibility index (Phi) is 8.83. The quantitative estimate of drug-likeness (QED) is 0.153. The van der Waals surface area contributed by atoms with Crippen molar-refractivity contribution in [2.45, 2.75) is 0 Å². The molecule has 296 valence electrons. The summed E-state index contributed by atoms with van der Waals surface area (Å²) in [6.45, 7) is 0. The Morgan fingerprint density at radius 2 is 0.857 bits per heavy atom. The molecule has 0 unspecified atom stereocenters. The summed E-state index contributed by atoms with van der Waals surface area (Å²) < 4.78 is 9.36. The molecule has 3 nitrogen and oxygen atoms in total. The number of furan rings is 1. The molecule has 10 aromatic carbocycles. The maximum atomic E-state index is 6.99. The van der Waals surface area contributed by atoms with Crippen molar-refractivity contribution in [1.82, 2.24) is 4.57 Å². The summed E-state index contributed by atoms with van der Waals surface area (Å²) in [6.07, 6.45) is 0. The van der Waals surface area contributed by atoms with Crippen LogP contribution in [0, 0.1) is 0 Å². The molecule has 0 fully saturated rings. The summed E-state index contributed by atoms with van der Waals surface area (Å²) in [6, 6.07) is 87.0. The van der Waals surface area contributed by atoms with E-state index in [2.05, 4.69) is 252 Å². The van der Waals surface area contributed by atoms with Gasteiger partial charge in [-0.05, 0) is 106 Å². The number of aromatic nitrogens is 1. The molecule has 0 amide bonds. The van der Waals surface area contributed by atoms with Crippen LogP contribution in [0.3, 0.4) is 0 Å². The van der Waals surface area contributed by atoms with Crippen LogP contribution in [0.5, 0.6) is 0 Å². The summed E-state index contributed by atoms with van der Waals surface area (Å²) in [5.74, 6) is 0. The zero-order chi connectivity index (χ0) is 41.7. The molecular formula is C60H40N2O. The van der Waals surface area contributed by atoms with E-state index in [1.807, 2.05) is 0 Å². The second-order valence-corrected chi connectivity index (χ2v) is 16.1. The van der Waals surface area contributed by atoms with Crippen molar-refractivity contribution in [3.05, 3.63) is 243 Å². The molecule has 12 rings (SSSR count). The molecule has 0 saturated carbocycles. The van der Waals surface area contributed by atoms with Gasteiger partial charge in [0.2, 0.25) is 0 Å². The molecule has 0 aliphatic rings. The van der Waals surface area contributed by atoms with E-state index >= 15 is 0 Å². The third-order valence-corrected chi connectivity index (χ3v) is 12.4. The minimum Gasteiger partial charge on any atom is -0.455 e. The van der Waals surface area contributed by atoms with Crippen molar-refractivity contribution >= 4 is 60.8 Å². The van der Waals surface area contributed by atoms with Gasteiger partial charge in [0.15, 0.2) is 0 Å². The maximum absolute atomic E-state index is 6.99. The number of hydrogen-bond acceptors (Lipinski definition) is 2. The average Bonchev–Trinajstić information content (AvgIpc) is 3.92. The van der Waals surface area contributed by atoms with Gasteiger partial charge in [-0.25, -0.2) is 0 Å². The minimum atomic E-state index is 0.850. The number of benzene rings is 10. The molecule has 2 aromatic heterocycles. The van der Waals surface area contributed by atoms with Crippen LogP contribution in [0.15, 0.2) is 247 Å². The number of hydrogen-bond donors (Lipinski definition) is 0. The molecule has 0 spiro atoms. The molecule has 0 atom stereocenters. The Morgan fingerprint density at radius 3 is 1.54 bits per heavy atom. The van der Waals surface area contributed by atoms with E-state index in [1.54, 1.807) is 0 Å². The minimum absolute atomic E-state index is 0.850. The highest BCUT2D eigenvalue weighted by Crippen LogP contribution is 2.48. The Bertz CT molecular complexity index is 3550. The van der Waals surface area contributed by atoms with Gasteiger partial charge in [-0.1, -0.05) is 176 Å². The predicted octanol–water partition coefficient (Wildman–Crippen LogP) is 16.8. The summed E-state index contributed by atoms with van der Waals surface area (Å²) in [7, 11) is 0. The Morgan fingerprint density at radius 1 is 0.333 bits per heavy atom. The lowest BCUT2D eigenvalue weighted by atomic mass is 9.93. The van der Waals surface area contributed by atoms with Crippen LogP contribution in [0.2, 0.25) is 0 Å². The maximum Gasteiger partial charge on any atom is 0.145 e. The van der Waals surface area contributed by atoms with Crippen molar-refractivity contribution in [3.8, 4) is 50.2 Å². The molecule has 12 aromatic rings. The molecule has 0 saturated heterocycles. The SMILES string of the molecule is c1ccc(-c2ccc(N(c3ccc(-c4ccccc4)c(-c4ccccc4)c3)c3ccc(-c4cccc(-n5c6ccccc6c6ccccc65)c4)c4oc5ccccc5c34)cc2)cc1. The van der Waals surface area contributed by atoms with Gasteiger partial charge in [0.05, 0.1) is 22.1 Å². The van der Waals surface area contributed by atoms with Gasteiger partial charge in [-0.2, -0.15) is 0 Å². The lowest BCUT2D eigenvalue weighted by Gasteiger charge is -2.28. The van der Waals surface area contributed by atoms with E-state index in [0.717, 1.165) is 66.9 Å². The van der Waals surface area contributed by atoms with Gasteiger partial charge in [-0.3, -0.25) is 0 Å². The molecule has 2 heterocycles. The van der Waals surface area contributed by atoms with Crippen molar-refractivity contribution < 1.29 is 4.42 Å². The standard InChI is InChI=1S/C60H40N2O/c1-4-17-41(18-5-1)42-31-33-46(34-32-42)61(48-35-36-49(43-19-6-2-7-20-43)54(40-48)44-21-8-3-9-22-44)57-38-37-50(60-59(57)53-27-12-15-30-58(53)63-60)45-23-16-24-47(39-45)62-55-28-13-10-25-51(55)52-26-11-14-29-56(52)62/h1-40H. The number of nitrogens with zero attached hydrogens (tertiary/aromatic N) is 2. The van der Waals surface area contributed by atoms with Crippen molar-refractivity contribution in [1.29, 1.82) is 0 Å². The molecular weight excluding hydrogens is 765 g/mol. The molecule has 0 bridgehead atoms.